The Balaban J connectivity index is 2.12. The molecule has 1 saturated carbocycles. The molecule has 3 atom stereocenters. The number of halogens is 1. The van der Waals surface area contributed by atoms with Crippen molar-refractivity contribution in [3.05, 3.63) is 29.6 Å². The van der Waals surface area contributed by atoms with E-state index in [0.29, 0.717) is 5.75 Å². The lowest BCUT2D eigenvalue weighted by Gasteiger charge is -2.30. The second-order valence-corrected chi connectivity index (χ2v) is 6.14. The SMILES string of the molecule is CCNC(C)c1ccc(F)cc1OC1CCCC(CC)C1. The third kappa shape index (κ3) is 4.44. The molecule has 0 aliphatic heterocycles. The molecule has 1 fully saturated rings. The van der Waals surface area contributed by atoms with Crippen molar-refractivity contribution in [3.8, 4) is 5.75 Å². The maximum Gasteiger partial charge on any atom is 0.127 e. The van der Waals surface area contributed by atoms with Gasteiger partial charge in [0.15, 0.2) is 0 Å². The Bertz CT molecular complexity index is 449. The van der Waals surface area contributed by atoms with Crippen LogP contribution >= 0.6 is 0 Å². The molecule has 0 spiro atoms. The molecule has 0 aromatic heterocycles. The van der Waals surface area contributed by atoms with Gasteiger partial charge in [0.1, 0.15) is 11.6 Å². The molecule has 1 aliphatic rings. The minimum absolute atomic E-state index is 0.177. The van der Waals surface area contributed by atoms with Crippen LogP contribution < -0.4 is 10.1 Å². The standard InChI is InChI=1S/C18H28FNO/c1-4-14-7-6-8-16(11-14)21-18-12-15(19)9-10-17(18)13(3)20-5-2/h9-10,12-14,16,20H,4-8,11H2,1-3H3. The molecule has 1 aliphatic carbocycles. The summed E-state index contributed by atoms with van der Waals surface area (Å²) in [6.45, 7) is 7.31. The van der Waals surface area contributed by atoms with E-state index in [9.17, 15) is 4.39 Å². The lowest BCUT2D eigenvalue weighted by molar-refractivity contribution is 0.120. The van der Waals surface area contributed by atoms with Crippen molar-refractivity contribution in [3.63, 3.8) is 0 Å². The van der Waals surface area contributed by atoms with Gasteiger partial charge in [-0.1, -0.05) is 32.8 Å². The topological polar surface area (TPSA) is 21.3 Å². The van der Waals surface area contributed by atoms with Crippen molar-refractivity contribution in [1.29, 1.82) is 0 Å². The van der Waals surface area contributed by atoms with E-state index in [0.717, 1.165) is 30.9 Å². The van der Waals surface area contributed by atoms with Crippen LogP contribution in [0.3, 0.4) is 0 Å². The summed E-state index contributed by atoms with van der Waals surface area (Å²) in [7, 11) is 0. The van der Waals surface area contributed by atoms with Gasteiger partial charge in [-0.2, -0.15) is 0 Å². The van der Waals surface area contributed by atoms with E-state index in [1.807, 2.05) is 6.07 Å². The lowest BCUT2D eigenvalue weighted by Crippen LogP contribution is -2.26. The minimum atomic E-state index is -0.222. The largest absolute Gasteiger partial charge is 0.490 e. The number of hydrogen-bond donors (Lipinski definition) is 1. The van der Waals surface area contributed by atoms with Crippen LogP contribution in [0.2, 0.25) is 0 Å². The summed E-state index contributed by atoms with van der Waals surface area (Å²) in [4.78, 5) is 0. The van der Waals surface area contributed by atoms with Gasteiger partial charge in [-0.3, -0.25) is 0 Å². The molecule has 1 aromatic rings. The molecule has 118 valence electrons. The van der Waals surface area contributed by atoms with E-state index < -0.39 is 0 Å². The van der Waals surface area contributed by atoms with Crippen molar-refractivity contribution >= 4 is 0 Å². The van der Waals surface area contributed by atoms with Crippen LogP contribution in [0.5, 0.6) is 5.75 Å². The van der Waals surface area contributed by atoms with Crippen molar-refractivity contribution in [2.24, 2.45) is 5.92 Å². The summed E-state index contributed by atoms with van der Waals surface area (Å²) < 4.78 is 19.8. The summed E-state index contributed by atoms with van der Waals surface area (Å²) in [6, 6.07) is 5.08. The zero-order chi connectivity index (χ0) is 15.2. The first-order chi connectivity index (χ1) is 10.1. The molecular weight excluding hydrogens is 265 g/mol. The highest BCUT2D eigenvalue weighted by Crippen LogP contribution is 2.33. The van der Waals surface area contributed by atoms with Crippen molar-refractivity contribution in [2.75, 3.05) is 6.54 Å². The number of benzene rings is 1. The van der Waals surface area contributed by atoms with Gasteiger partial charge in [-0.05, 0) is 44.7 Å². The van der Waals surface area contributed by atoms with E-state index in [-0.39, 0.29) is 18.0 Å². The van der Waals surface area contributed by atoms with E-state index in [1.165, 1.54) is 25.3 Å². The maximum absolute atomic E-state index is 13.6. The highest BCUT2D eigenvalue weighted by atomic mass is 19.1. The fraction of sp³-hybridized carbons (Fsp3) is 0.667. The van der Waals surface area contributed by atoms with Gasteiger partial charge in [0, 0.05) is 17.7 Å². The van der Waals surface area contributed by atoms with E-state index in [2.05, 4.69) is 26.1 Å². The van der Waals surface area contributed by atoms with Gasteiger partial charge in [-0.25, -0.2) is 4.39 Å². The van der Waals surface area contributed by atoms with Crippen LogP contribution in [0.4, 0.5) is 4.39 Å². The zero-order valence-corrected chi connectivity index (χ0v) is 13.5. The van der Waals surface area contributed by atoms with Crippen LogP contribution in [0.15, 0.2) is 18.2 Å². The van der Waals surface area contributed by atoms with E-state index >= 15 is 0 Å². The van der Waals surface area contributed by atoms with Crippen LogP contribution in [0.1, 0.15) is 64.5 Å². The van der Waals surface area contributed by atoms with Crippen LogP contribution in [-0.4, -0.2) is 12.6 Å². The Labute approximate surface area is 128 Å². The second-order valence-electron chi connectivity index (χ2n) is 6.14. The molecule has 3 unspecified atom stereocenters. The molecule has 2 nitrogen and oxygen atoms in total. The molecule has 2 rings (SSSR count). The number of ether oxygens (including phenoxy) is 1. The van der Waals surface area contributed by atoms with Crippen molar-refractivity contribution in [1.82, 2.24) is 5.32 Å². The average Bonchev–Trinajstić information content (AvgIpc) is 2.48. The molecule has 3 heteroatoms. The Morgan fingerprint density at radius 3 is 2.86 bits per heavy atom. The van der Waals surface area contributed by atoms with Gasteiger partial charge in [-0.15, -0.1) is 0 Å². The maximum atomic E-state index is 13.6. The van der Waals surface area contributed by atoms with Gasteiger partial charge in [0.25, 0.3) is 0 Å². The summed E-state index contributed by atoms with van der Waals surface area (Å²) >= 11 is 0. The molecule has 0 bridgehead atoms. The van der Waals surface area contributed by atoms with Gasteiger partial charge >= 0.3 is 0 Å². The highest BCUT2D eigenvalue weighted by Gasteiger charge is 2.23. The Morgan fingerprint density at radius 1 is 1.33 bits per heavy atom. The van der Waals surface area contributed by atoms with Crippen LogP contribution in [0, 0.1) is 11.7 Å². The molecule has 21 heavy (non-hydrogen) atoms. The normalized spacial score (nSPS) is 23.8. The Morgan fingerprint density at radius 2 is 2.14 bits per heavy atom. The van der Waals surface area contributed by atoms with E-state index in [4.69, 9.17) is 4.74 Å². The fourth-order valence-corrected chi connectivity index (χ4v) is 3.28. The molecular formula is C18H28FNO. The van der Waals surface area contributed by atoms with Gasteiger partial charge < -0.3 is 10.1 Å². The van der Waals surface area contributed by atoms with Gasteiger partial charge in [0.05, 0.1) is 6.10 Å². The molecule has 0 heterocycles. The highest BCUT2D eigenvalue weighted by molar-refractivity contribution is 5.36. The Hall–Kier alpha value is -1.09. The average molecular weight is 293 g/mol. The molecule has 0 radical (unpaired) electrons. The second kappa shape index (κ2) is 7.79. The summed E-state index contributed by atoms with van der Waals surface area (Å²) in [6.07, 6.45) is 6.16. The first kappa shape index (κ1) is 16.3. The third-order valence-corrected chi connectivity index (χ3v) is 4.56. The fourth-order valence-electron chi connectivity index (χ4n) is 3.28. The molecule has 1 aromatic carbocycles. The quantitative estimate of drug-likeness (QED) is 0.810. The zero-order valence-electron chi connectivity index (χ0n) is 13.5. The first-order valence-electron chi connectivity index (χ1n) is 8.33. The Kier molecular flexibility index (Phi) is 6.04. The number of nitrogens with one attached hydrogen (secondary N) is 1. The number of hydrogen-bond acceptors (Lipinski definition) is 2. The lowest BCUT2D eigenvalue weighted by atomic mass is 9.85. The molecule has 0 amide bonds. The summed E-state index contributed by atoms with van der Waals surface area (Å²) in [5.41, 5.74) is 1.05. The number of rotatable bonds is 6. The summed E-state index contributed by atoms with van der Waals surface area (Å²) in [5.74, 6) is 1.25. The predicted molar refractivity (Wildman–Crippen MR) is 85.2 cm³/mol. The third-order valence-electron chi connectivity index (χ3n) is 4.56. The van der Waals surface area contributed by atoms with Crippen molar-refractivity contribution in [2.45, 2.75) is 65.0 Å². The van der Waals surface area contributed by atoms with Crippen molar-refractivity contribution < 1.29 is 9.13 Å². The molecule has 1 N–H and O–H groups in total. The van der Waals surface area contributed by atoms with Crippen LogP contribution in [0.25, 0.3) is 0 Å². The van der Waals surface area contributed by atoms with Gasteiger partial charge in [0.2, 0.25) is 0 Å². The first-order valence-corrected chi connectivity index (χ1v) is 8.33. The van der Waals surface area contributed by atoms with Crippen LogP contribution in [-0.2, 0) is 0 Å². The molecule has 0 saturated heterocycles. The predicted octanol–water partition coefficient (Wildman–Crippen LogP) is 4.84. The summed E-state index contributed by atoms with van der Waals surface area (Å²) in [5, 5.41) is 3.38. The smallest absolute Gasteiger partial charge is 0.127 e. The van der Waals surface area contributed by atoms with E-state index in [1.54, 1.807) is 6.07 Å². The minimum Gasteiger partial charge on any atom is -0.490 e. The monoisotopic (exact) mass is 293 g/mol.